The number of aliphatic carboxylic acids is 1. The molecule has 0 aromatic heterocycles. The summed E-state index contributed by atoms with van der Waals surface area (Å²) < 4.78 is 2.46. The quantitative estimate of drug-likeness (QED) is 0.324. The lowest BCUT2D eigenvalue weighted by molar-refractivity contribution is -0.134. The van der Waals surface area contributed by atoms with Crippen LogP contribution in [0, 0.1) is 0 Å². The zero-order valence-electron chi connectivity index (χ0n) is 12.4. The molecule has 3 N–H and O–H groups in total. The van der Waals surface area contributed by atoms with Gasteiger partial charge in [0.25, 0.3) is 11.8 Å². The zero-order chi connectivity index (χ0) is 17.4. The Bertz CT molecular complexity index is 761. The molecular weight excluding hydrogens is 328 g/mol. The van der Waals surface area contributed by atoms with Crippen molar-refractivity contribution in [2.24, 2.45) is 0 Å². The smallest absolute Gasteiger partial charge is 0.341 e. The van der Waals surface area contributed by atoms with Crippen molar-refractivity contribution in [1.29, 1.82) is 0 Å². The van der Waals surface area contributed by atoms with Gasteiger partial charge in [0, 0.05) is 16.7 Å². The Kier molecular flexibility index (Phi) is 6.16. The summed E-state index contributed by atoms with van der Waals surface area (Å²) in [6, 6.07) is 17.4. The maximum atomic E-state index is 12.0. The Labute approximate surface area is 142 Å². The number of rotatable bonds is 6. The molecule has 0 saturated heterocycles. The molecule has 0 heterocycles. The highest BCUT2D eigenvalue weighted by atomic mass is 32.2. The van der Waals surface area contributed by atoms with E-state index in [9.17, 15) is 14.4 Å². The van der Waals surface area contributed by atoms with Gasteiger partial charge in [-0.05, 0) is 36.2 Å². The molecule has 2 rings (SSSR count). The third kappa shape index (κ3) is 5.29. The van der Waals surface area contributed by atoms with Gasteiger partial charge in [-0.25, -0.2) is 4.79 Å². The Morgan fingerprint density at radius 2 is 1.50 bits per heavy atom. The molecular formula is C17H14N2O4S. The number of amides is 2. The lowest BCUT2D eigenvalue weighted by atomic mass is 10.2. The summed E-state index contributed by atoms with van der Waals surface area (Å²) in [5.74, 6) is -3.04. The van der Waals surface area contributed by atoms with Crippen LogP contribution < -0.4 is 10.0 Å². The molecule has 7 heteroatoms. The molecule has 0 bridgehead atoms. The Morgan fingerprint density at radius 1 is 0.917 bits per heavy atom. The SMILES string of the molecule is O=C(C=C(C(=O)O)C(=O)Nc1ccccc1)NSc1ccccc1. The second kappa shape index (κ2) is 8.54. The van der Waals surface area contributed by atoms with Crippen molar-refractivity contribution in [3.63, 3.8) is 0 Å². The van der Waals surface area contributed by atoms with Gasteiger partial charge in [-0.3, -0.25) is 14.3 Å². The fourth-order valence-electron chi connectivity index (χ4n) is 1.70. The number of carboxylic acid groups (broad SMARTS) is 1. The Balaban J connectivity index is 2.03. The number of hydrogen-bond donors (Lipinski definition) is 3. The number of para-hydroxylation sites is 1. The van der Waals surface area contributed by atoms with Crippen LogP contribution in [0.2, 0.25) is 0 Å². The van der Waals surface area contributed by atoms with Gasteiger partial charge in [-0.15, -0.1) is 0 Å². The van der Waals surface area contributed by atoms with Crippen LogP contribution in [0.15, 0.2) is 77.2 Å². The van der Waals surface area contributed by atoms with Gasteiger partial charge in [-0.2, -0.15) is 0 Å². The van der Waals surface area contributed by atoms with E-state index >= 15 is 0 Å². The molecule has 24 heavy (non-hydrogen) atoms. The summed E-state index contributed by atoms with van der Waals surface area (Å²) in [6.45, 7) is 0. The van der Waals surface area contributed by atoms with E-state index in [1.807, 2.05) is 6.07 Å². The zero-order valence-corrected chi connectivity index (χ0v) is 13.2. The fourth-order valence-corrected chi connectivity index (χ4v) is 2.27. The number of nitrogens with one attached hydrogen (secondary N) is 2. The average molecular weight is 342 g/mol. The van der Waals surface area contributed by atoms with Gasteiger partial charge in [0.2, 0.25) is 0 Å². The summed E-state index contributed by atoms with van der Waals surface area (Å²) in [4.78, 5) is 35.9. The van der Waals surface area contributed by atoms with E-state index in [1.165, 1.54) is 0 Å². The van der Waals surface area contributed by atoms with Crippen LogP contribution in [0.5, 0.6) is 0 Å². The first-order chi connectivity index (χ1) is 11.6. The topological polar surface area (TPSA) is 95.5 Å². The summed E-state index contributed by atoms with van der Waals surface area (Å²) in [7, 11) is 0. The maximum Gasteiger partial charge on any atom is 0.341 e. The second-order valence-electron chi connectivity index (χ2n) is 4.56. The molecule has 0 radical (unpaired) electrons. The molecule has 2 aromatic rings. The van der Waals surface area contributed by atoms with E-state index in [4.69, 9.17) is 5.11 Å². The van der Waals surface area contributed by atoms with E-state index in [0.29, 0.717) is 5.69 Å². The first-order valence-corrected chi connectivity index (χ1v) is 7.71. The lowest BCUT2D eigenvalue weighted by Gasteiger charge is -2.06. The third-order valence-corrected chi connectivity index (χ3v) is 3.61. The molecule has 2 amide bonds. The summed E-state index contributed by atoms with van der Waals surface area (Å²) in [5.41, 5.74) is -0.210. The molecule has 0 fully saturated rings. The summed E-state index contributed by atoms with van der Waals surface area (Å²) >= 11 is 1.03. The van der Waals surface area contributed by atoms with Gasteiger partial charge < -0.3 is 10.4 Å². The van der Waals surface area contributed by atoms with E-state index in [2.05, 4.69) is 10.0 Å². The van der Waals surface area contributed by atoms with Gasteiger partial charge >= 0.3 is 5.97 Å². The maximum absolute atomic E-state index is 12.0. The normalized spacial score (nSPS) is 10.8. The highest BCUT2D eigenvalue weighted by molar-refractivity contribution is 7.98. The van der Waals surface area contributed by atoms with E-state index < -0.39 is 23.4 Å². The molecule has 2 aromatic carbocycles. The average Bonchev–Trinajstić information content (AvgIpc) is 2.59. The number of hydrogen-bond acceptors (Lipinski definition) is 4. The minimum atomic E-state index is -1.48. The van der Waals surface area contributed by atoms with Crippen LogP contribution in [0.3, 0.4) is 0 Å². The first-order valence-electron chi connectivity index (χ1n) is 6.89. The predicted octanol–water partition coefficient (Wildman–Crippen LogP) is 2.46. The van der Waals surface area contributed by atoms with E-state index in [1.54, 1.807) is 54.6 Å². The third-order valence-electron chi connectivity index (χ3n) is 2.79. The van der Waals surface area contributed by atoms with Gasteiger partial charge in [0.1, 0.15) is 5.57 Å². The Morgan fingerprint density at radius 3 is 2.08 bits per heavy atom. The second-order valence-corrected chi connectivity index (χ2v) is 5.44. The monoisotopic (exact) mass is 342 g/mol. The van der Waals surface area contributed by atoms with Crippen molar-refractivity contribution in [3.8, 4) is 0 Å². The summed E-state index contributed by atoms with van der Waals surface area (Å²) in [6.07, 6.45) is 0.760. The number of carboxylic acids is 1. The largest absolute Gasteiger partial charge is 0.477 e. The predicted molar refractivity (Wildman–Crippen MR) is 91.2 cm³/mol. The number of carbonyl (C=O) groups excluding carboxylic acids is 2. The molecule has 0 saturated carbocycles. The Hall–Kier alpha value is -3.06. The summed E-state index contributed by atoms with van der Waals surface area (Å²) in [5, 5.41) is 11.6. The van der Waals surface area contributed by atoms with Crippen molar-refractivity contribution < 1.29 is 19.5 Å². The van der Waals surface area contributed by atoms with Crippen molar-refractivity contribution in [1.82, 2.24) is 4.72 Å². The van der Waals surface area contributed by atoms with E-state index in [-0.39, 0.29) is 0 Å². The molecule has 0 atom stereocenters. The van der Waals surface area contributed by atoms with Crippen LogP contribution in [-0.2, 0) is 14.4 Å². The van der Waals surface area contributed by atoms with Crippen molar-refractivity contribution >= 4 is 35.4 Å². The number of anilines is 1. The van der Waals surface area contributed by atoms with Gasteiger partial charge in [0.15, 0.2) is 0 Å². The van der Waals surface area contributed by atoms with Crippen LogP contribution in [0.4, 0.5) is 5.69 Å². The highest BCUT2D eigenvalue weighted by Crippen LogP contribution is 2.13. The number of carbonyl (C=O) groups is 3. The van der Waals surface area contributed by atoms with Crippen molar-refractivity contribution in [2.75, 3.05) is 5.32 Å². The van der Waals surface area contributed by atoms with Crippen molar-refractivity contribution in [3.05, 3.63) is 72.3 Å². The first kappa shape index (κ1) is 17.3. The van der Waals surface area contributed by atoms with Gasteiger partial charge in [-0.1, -0.05) is 36.4 Å². The van der Waals surface area contributed by atoms with Crippen LogP contribution in [-0.4, -0.2) is 22.9 Å². The number of benzene rings is 2. The molecule has 0 aliphatic rings. The minimum Gasteiger partial charge on any atom is -0.477 e. The van der Waals surface area contributed by atoms with E-state index in [0.717, 1.165) is 22.9 Å². The molecule has 6 nitrogen and oxygen atoms in total. The van der Waals surface area contributed by atoms with Crippen molar-refractivity contribution in [2.45, 2.75) is 4.90 Å². The molecule has 0 unspecified atom stereocenters. The molecule has 122 valence electrons. The standard InChI is InChI=1S/C17H14N2O4S/c20-15(19-24-13-9-5-2-6-10-13)11-14(17(22)23)16(21)18-12-7-3-1-4-8-12/h1-11H,(H,18,21)(H,19,20)(H,22,23). The van der Waals surface area contributed by atoms with Crippen LogP contribution >= 0.6 is 11.9 Å². The minimum absolute atomic E-state index is 0.439. The van der Waals surface area contributed by atoms with Gasteiger partial charge in [0.05, 0.1) is 0 Å². The van der Waals surface area contributed by atoms with Crippen LogP contribution in [0.25, 0.3) is 0 Å². The lowest BCUT2D eigenvalue weighted by Crippen LogP contribution is -2.23. The fraction of sp³-hybridized carbons (Fsp3) is 0. The highest BCUT2D eigenvalue weighted by Gasteiger charge is 2.19. The van der Waals surface area contributed by atoms with Crippen LogP contribution in [0.1, 0.15) is 0 Å². The molecule has 0 aliphatic heterocycles. The molecule has 0 spiro atoms. The molecule has 0 aliphatic carbocycles.